The maximum atomic E-state index is 5.64. The molecule has 4 N–H and O–H groups in total. The number of benzene rings is 1. The van der Waals surface area contributed by atoms with E-state index in [4.69, 9.17) is 11.5 Å². The number of nitrogen functional groups attached to an aromatic ring is 2. The molecular formula is C7H10N2S2. The summed E-state index contributed by atoms with van der Waals surface area (Å²) in [7, 11) is 0. The highest BCUT2D eigenvalue weighted by Crippen LogP contribution is 2.29. The molecule has 0 aliphatic carbocycles. The van der Waals surface area contributed by atoms with Gasteiger partial charge in [-0.3, -0.25) is 0 Å². The van der Waals surface area contributed by atoms with E-state index in [-0.39, 0.29) is 4.58 Å². The first-order valence-corrected chi connectivity index (χ1v) is 4.15. The first kappa shape index (κ1) is 8.62. The van der Waals surface area contributed by atoms with Gasteiger partial charge in [0, 0.05) is 11.4 Å². The normalized spacial score (nSPS) is 10.5. The first-order chi connectivity index (χ1) is 5.11. The summed E-state index contributed by atoms with van der Waals surface area (Å²) in [5.74, 6) is 0. The Hall–Kier alpha value is -0.480. The average molecular weight is 186 g/mol. The fourth-order valence-electron chi connectivity index (χ4n) is 0.828. The van der Waals surface area contributed by atoms with Crippen LogP contribution < -0.4 is 11.5 Å². The van der Waals surface area contributed by atoms with Crippen LogP contribution in [0, 0.1) is 0 Å². The Kier molecular flexibility index (Phi) is 2.57. The third-order valence-corrected chi connectivity index (χ3v) is 1.95. The predicted octanol–water partition coefficient (Wildman–Crippen LogP) is 1.71. The molecule has 0 atom stereocenters. The van der Waals surface area contributed by atoms with Gasteiger partial charge in [0.2, 0.25) is 0 Å². The topological polar surface area (TPSA) is 52.0 Å². The van der Waals surface area contributed by atoms with Crippen LogP contribution in [0.3, 0.4) is 0 Å². The third-order valence-electron chi connectivity index (χ3n) is 1.39. The fourth-order valence-corrected chi connectivity index (χ4v) is 1.30. The Morgan fingerprint density at radius 1 is 1.18 bits per heavy atom. The van der Waals surface area contributed by atoms with Gasteiger partial charge in [-0.05, 0) is 17.7 Å². The second-order valence-corrected chi connectivity index (χ2v) is 3.70. The second-order valence-electron chi connectivity index (χ2n) is 2.26. The minimum absolute atomic E-state index is 0.143. The van der Waals surface area contributed by atoms with Crippen LogP contribution in [-0.4, -0.2) is 0 Å². The van der Waals surface area contributed by atoms with Crippen LogP contribution in [0.2, 0.25) is 0 Å². The van der Waals surface area contributed by atoms with E-state index in [1.165, 1.54) is 0 Å². The van der Waals surface area contributed by atoms with Crippen molar-refractivity contribution in [1.29, 1.82) is 0 Å². The Bertz CT molecular complexity index is 261. The summed E-state index contributed by atoms with van der Waals surface area (Å²) in [6.07, 6.45) is 0. The van der Waals surface area contributed by atoms with Crippen molar-refractivity contribution in [3.63, 3.8) is 0 Å². The van der Waals surface area contributed by atoms with Crippen molar-refractivity contribution in [2.75, 3.05) is 11.5 Å². The lowest BCUT2D eigenvalue weighted by Gasteiger charge is -2.07. The maximum Gasteiger partial charge on any atom is 0.0711 e. The number of hydrogen-bond donors (Lipinski definition) is 4. The van der Waals surface area contributed by atoms with Gasteiger partial charge in [0.25, 0.3) is 0 Å². The van der Waals surface area contributed by atoms with Gasteiger partial charge in [-0.25, -0.2) is 0 Å². The smallest absolute Gasteiger partial charge is 0.0711 e. The molecule has 0 unspecified atom stereocenters. The largest absolute Gasteiger partial charge is 0.399 e. The van der Waals surface area contributed by atoms with Crippen molar-refractivity contribution in [2.24, 2.45) is 0 Å². The molecule has 1 rings (SSSR count). The lowest BCUT2D eigenvalue weighted by molar-refractivity contribution is 1.41. The zero-order chi connectivity index (χ0) is 8.43. The van der Waals surface area contributed by atoms with Crippen molar-refractivity contribution in [3.05, 3.63) is 23.8 Å². The number of hydrogen-bond acceptors (Lipinski definition) is 4. The molecule has 11 heavy (non-hydrogen) atoms. The lowest BCUT2D eigenvalue weighted by atomic mass is 10.2. The highest BCUT2D eigenvalue weighted by atomic mass is 32.2. The van der Waals surface area contributed by atoms with E-state index < -0.39 is 0 Å². The van der Waals surface area contributed by atoms with Crippen molar-refractivity contribution in [2.45, 2.75) is 4.58 Å². The van der Waals surface area contributed by atoms with Crippen LogP contribution in [0.1, 0.15) is 10.1 Å². The standard InChI is InChI=1S/C7H10N2S2/c8-4-1-2-5(7(10)11)6(9)3-4/h1-3,7,10-11H,8-9H2. The quantitative estimate of drug-likeness (QED) is 0.306. The summed E-state index contributed by atoms with van der Waals surface area (Å²) in [4.78, 5) is 0. The van der Waals surface area contributed by atoms with E-state index in [1.807, 2.05) is 6.07 Å². The Labute approximate surface area is 76.8 Å². The number of anilines is 2. The molecule has 0 aromatic heterocycles. The maximum absolute atomic E-state index is 5.64. The first-order valence-electron chi connectivity index (χ1n) is 3.12. The molecule has 1 aromatic carbocycles. The monoisotopic (exact) mass is 186 g/mol. The zero-order valence-corrected chi connectivity index (χ0v) is 7.65. The van der Waals surface area contributed by atoms with E-state index in [0.29, 0.717) is 11.4 Å². The van der Waals surface area contributed by atoms with E-state index in [9.17, 15) is 0 Å². The third kappa shape index (κ3) is 1.97. The minimum atomic E-state index is -0.143. The Morgan fingerprint density at radius 3 is 2.27 bits per heavy atom. The van der Waals surface area contributed by atoms with Crippen LogP contribution >= 0.6 is 25.3 Å². The lowest BCUT2D eigenvalue weighted by Crippen LogP contribution is -1.95. The molecule has 0 fully saturated rings. The van der Waals surface area contributed by atoms with Crippen molar-refractivity contribution in [1.82, 2.24) is 0 Å². The molecule has 4 heteroatoms. The van der Waals surface area contributed by atoms with Crippen LogP contribution in [-0.2, 0) is 0 Å². The van der Waals surface area contributed by atoms with Gasteiger partial charge in [0.05, 0.1) is 4.58 Å². The number of thiol groups is 2. The molecule has 0 aliphatic heterocycles. The molecule has 60 valence electrons. The van der Waals surface area contributed by atoms with Gasteiger partial charge in [-0.1, -0.05) is 6.07 Å². The molecule has 2 nitrogen and oxygen atoms in total. The van der Waals surface area contributed by atoms with Gasteiger partial charge in [0.15, 0.2) is 0 Å². The molecule has 0 spiro atoms. The van der Waals surface area contributed by atoms with Crippen LogP contribution in [0.4, 0.5) is 11.4 Å². The number of rotatable bonds is 1. The van der Waals surface area contributed by atoms with Crippen molar-refractivity contribution < 1.29 is 0 Å². The SMILES string of the molecule is Nc1ccc(C(S)S)c(N)c1. The van der Waals surface area contributed by atoms with Crippen molar-refractivity contribution in [3.8, 4) is 0 Å². The molecular weight excluding hydrogens is 176 g/mol. The summed E-state index contributed by atoms with van der Waals surface area (Å²) in [5.41, 5.74) is 13.3. The zero-order valence-electron chi connectivity index (χ0n) is 5.86. The van der Waals surface area contributed by atoms with E-state index in [2.05, 4.69) is 25.3 Å². The van der Waals surface area contributed by atoms with Gasteiger partial charge in [-0.15, -0.1) is 0 Å². The summed E-state index contributed by atoms with van der Waals surface area (Å²) in [6, 6.07) is 5.31. The fraction of sp³-hybridized carbons (Fsp3) is 0.143. The van der Waals surface area contributed by atoms with Gasteiger partial charge >= 0.3 is 0 Å². The van der Waals surface area contributed by atoms with E-state index >= 15 is 0 Å². The summed E-state index contributed by atoms with van der Waals surface area (Å²) < 4.78 is -0.143. The van der Waals surface area contributed by atoms with Crippen molar-refractivity contribution >= 4 is 36.6 Å². The second kappa shape index (κ2) is 3.28. The molecule has 0 bridgehead atoms. The molecule has 0 heterocycles. The van der Waals surface area contributed by atoms with Gasteiger partial charge in [0.1, 0.15) is 0 Å². The summed E-state index contributed by atoms with van der Waals surface area (Å²) in [5, 5.41) is 0. The molecule has 0 amide bonds. The summed E-state index contributed by atoms with van der Waals surface area (Å²) in [6.45, 7) is 0. The van der Waals surface area contributed by atoms with Crippen LogP contribution in [0.15, 0.2) is 18.2 Å². The number of nitrogens with two attached hydrogens (primary N) is 2. The predicted molar refractivity (Wildman–Crippen MR) is 56.0 cm³/mol. The molecule has 1 aromatic rings. The Balaban J connectivity index is 3.09. The summed E-state index contributed by atoms with van der Waals surface area (Å²) >= 11 is 8.27. The molecule has 0 saturated heterocycles. The average Bonchev–Trinajstić information content (AvgIpc) is 1.85. The Morgan fingerprint density at radius 2 is 1.82 bits per heavy atom. The van der Waals surface area contributed by atoms with Gasteiger partial charge < -0.3 is 11.5 Å². The molecule has 0 aliphatic rings. The van der Waals surface area contributed by atoms with E-state index in [0.717, 1.165) is 5.56 Å². The minimum Gasteiger partial charge on any atom is -0.399 e. The van der Waals surface area contributed by atoms with Crippen LogP contribution in [0.5, 0.6) is 0 Å². The van der Waals surface area contributed by atoms with E-state index in [1.54, 1.807) is 12.1 Å². The highest BCUT2D eigenvalue weighted by molar-refractivity contribution is 7.98. The van der Waals surface area contributed by atoms with Gasteiger partial charge in [-0.2, -0.15) is 25.3 Å². The highest BCUT2D eigenvalue weighted by Gasteiger charge is 2.04. The molecule has 0 radical (unpaired) electrons. The molecule has 0 saturated carbocycles. The van der Waals surface area contributed by atoms with Crippen LogP contribution in [0.25, 0.3) is 0 Å².